The van der Waals surface area contributed by atoms with Crippen LogP contribution in [0.5, 0.6) is 0 Å². The summed E-state index contributed by atoms with van der Waals surface area (Å²) in [6.07, 6.45) is 2.30. The van der Waals surface area contributed by atoms with Crippen molar-refractivity contribution in [2.75, 3.05) is 27.7 Å². The van der Waals surface area contributed by atoms with Gasteiger partial charge in [0, 0.05) is 31.6 Å². The highest BCUT2D eigenvalue weighted by Gasteiger charge is 2.25. The lowest BCUT2D eigenvalue weighted by Crippen LogP contribution is -2.43. The molecule has 1 unspecified atom stereocenters. The van der Waals surface area contributed by atoms with E-state index in [9.17, 15) is 14.4 Å². The predicted molar refractivity (Wildman–Crippen MR) is 149 cm³/mol. The first-order valence-electron chi connectivity index (χ1n) is 13.2. The van der Waals surface area contributed by atoms with Gasteiger partial charge >= 0.3 is 0 Å². The number of nitrogens with zero attached hydrogens (tertiary/aromatic N) is 3. The molecule has 0 spiro atoms. The lowest BCUT2D eigenvalue weighted by atomic mass is 9.90. The summed E-state index contributed by atoms with van der Waals surface area (Å²) in [6, 6.07) is 19.8. The number of amides is 2. The first-order chi connectivity index (χ1) is 17.6. The number of rotatable bonds is 15. The molecule has 2 aromatic rings. The highest BCUT2D eigenvalue weighted by atomic mass is 16.2. The molecule has 200 valence electrons. The maximum Gasteiger partial charge on any atom is 0.295 e. The van der Waals surface area contributed by atoms with E-state index in [1.807, 2.05) is 101 Å². The molecule has 0 saturated heterocycles. The Hall–Kier alpha value is -3.32. The summed E-state index contributed by atoms with van der Waals surface area (Å²) in [4.78, 5) is 40.6. The molecule has 2 rings (SSSR count). The van der Waals surface area contributed by atoms with E-state index in [4.69, 9.17) is 0 Å². The second-order valence-corrected chi connectivity index (χ2v) is 10.5. The standard InChI is InChI=1S/C30H42N4O3/c1-6-14-28(35)26(7-2)27(31-32-29(36)23-34(3,4)5)19-20-30(37)33(21-24-15-10-8-11-16-24)22-25-17-12-9-13-18-25/h8-13,15-18,26H,6-7,14,19-23H2,1-5H3/p+1. The molecule has 0 aliphatic carbocycles. The molecule has 1 atom stereocenters. The predicted octanol–water partition coefficient (Wildman–Crippen LogP) is 4.57. The molecule has 7 heteroatoms. The van der Waals surface area contributed by atoms with E-state index in [1.165, 1.54) is 0 Å². The van der Waals surface area contributed by atoms with Gasteiger partial charge in [0.2, 0.25) is 5.91 Å². The average molecular weight is 508 g/mol. The van der Waals surface area contributed by atoms with Crippen LogP contribution in [-0.4, -0.2) is 60.4 Å². The highest BCUT2D eigenvalue weighted by molar-refractivity contribution is 6.06. The van der Waals surface area contributed by atoms with Crippen LogP contribution < -0.4 is 5.43 Å². The Morgan fingerprint density at radius 1 is 0.838 bits per heavy atom. The normalized spacial score (nSPS) is 12.6. The lowest BCUT2D eigenvalue weighted by molar-refractivity contribution is -0.862. The molecule has 0 aliphatic rings. The second kappa shape index (κ2) is 15.1. The van der Waals surface area contributed by atoms with E-state index in [2.05, 4.69) is 10.5 Å². The Labute approximate surface area is 222 Å². The smallest absolute Gasteiger partial charge is 0.295 e. The van der Waals surface area contributed by atoms with Gasteiger partial charge in [-0.05, 0) is 30.4 Å². The number of hydrogen-bond acceptors (Lipinski definition) is 4. The first kappa shape index (κ1) is 29.9. The Morgan fingerprint density at radius 2 is 1.38 bits per heavy atom. The SMILES string of the molecule is CCCC(=O)C(CC)C(CCC(=O)N(Cc1ccccc1)Cc1ccccc1)=NNC(=O)C[N+](C)(C)C. The van der Waals surface area contributed by atoms with Crippen molar-refractivity contribution in [1.82, 2.24) is 10.3 Å². The van der Waals surface area contributed by atoms with Crippen molar-refractivity contribution >= 4 is 23.3 Å². The summed E-state index contributed by atoms with van der Waals surface area (Å²) in [6.45, 7) is 5.16. The molecular weight excluding hydrogens is 464 g/mol. The summed E-state index contributed by atoms with van der Waals surface area (Å²) in [5.74, 6) is -0.545. The van der Waals surface area contributed by atoms with Gasteiger partial charge in [-0.15, -0.1) is 0 Å². The van der Waals surface area contributed by atoms with Crippen molar-refractivity contribution in [3.05, 3.63) is 71.8 Å². The molecule has 2 amide bonds. The molecule has 7 nitrogen and oxygen atoms in total. The summed E-state index contributed by atoms with van der Waals surface area (Å²) >= 11 is 0. The quantitative estimate of drug-likeness (QED) is 0.218. The van der Waals surface area contributed by atoms with Crippen molar-refractivity contribution in [2.24, 2.45) is 11.0 Å². The van der Waals surface area contributed by atoms with Gasteiger partial charge < -0.3 is 9.38 Å². The summed E-state index contributed by atoms with van der Waals surface area (Å²) < 4.78 is 0.467. The molecule has 0 aliphatic heterocycles. The second-order valence-electron chi connectivity index (χ2n) is 10.5. The van der Waals surface area contributed by atoms with Gasteiger partial charge in [0.1, 0.15) is 5.78 Å². The number of carbonyl (C=O) groups is 3. The van der Waals surface area contributed by atoms with Gasteiger partial charge in [0.25, 0.3) is 5.91 Å². The van der Waals surface area contributed by atoms with Crippen molar-refractivity contribution in [2.45, 2.75) is 59.0 Å². The number of Topliss-reactive ketones (excluding diaryl/α,β-unsaturated/α-hetero) is 1. The topological polar surface area (TPSA) is 78.8 Å². The van der Waals surface area contributed by atoms with E-state index in [-0.39, 0.29) is 30.6 Å². The third-order valence-corrected chi connectivity index (χ3v) is 6.02. The summed E-state index contributed by atoms with van der Waals surface area (Å²) in [7, 11) is 5.78. The maximum absolute atomic E-state index is 13.5. The minimum absolute atomic E-state index is 0.0177. The highest BCUT2D eigenvalue weighted by Crippen LogP contribution is 2.17. The fourth-order valence-electron chi connectivity index (χ4n) is 4.21. The zero-order valence-electron chi connectivity index (χ0n) is 23.1. The van der Waals surface area contributed by atoms with Crippen LogP contribution in [0.15, 0.2) is 65.8 Å². The van der Waals surface area contributed by atoms with Crippen LogP contribution in [0.2, 0.25) is 0 Å². The molecule has 0 heterocycles. The molecule has 0 radical (unpaired) electrons. The van der Waals surface area contributed by atoms with E-state index in [0.717, 1.165) is 17.5 Å². The van der Waals surface area contributed by atoms with Crippen LogP contribution >= 0.6 is 0 Å². The minimum atomic E-state index is -0.408. The number of carbonyl (C=O) groups excluding carboxylic acids is 3. The van der Waals surface area contributed by atoms with Gasteiger partial charge in [-0.2, -0.15) is 5.10 Å². The number of nitrogens with one attached hydrogen (secondary N) is 1. The summed E-state index contributed by atoms with van der Waals surface area (Å²) in [5, 5.41) is 4.40. The van der Waals surface area contributed by atoms with Gasteiger partial charge in [-0.25, -0.2) is 5.43 Å². The molecule has 0 fully saturated rings. The van der Waals surface area contributed by atoms with E-state index in [1.54, 1.807) is 0 Å². The van der Waals surface area contributed by atoms with Crippen LogP contribution in [0.3, 0.4) is 0 Å². The fraction of sp³-hybridized carbons (Fsp3) is 0.467. The number of quaternary nitrogens is 1. The van der Waals surface area contributed by atoms with Crippen molar-refractivity contribution in [3.8, 4) is 0 Å². The molecule has 0 saturated carbocycles. The van der Waals surface area contributed by atoms with Crippen LogP contribution in [0, 0.1) is 5.92 Å². The fourth-order valence-corrected chi connectivity index (χ4v) is 4.21. The van der Waals surface area contributed by atoms with Gasteiger partial charge in [0.15, 0.2) is 6.54 Å². The third kappa shape index (κ3) is 11.1. The van der Waals surface area contributed by atoms with Crippen LogP contribution in [0.1, 0.15) is 57.1 Å². The number of ketones is 1. The molecule has 0 bridgehead atoms. The zero-order chi connectivity index (χ0) is 27.3. The van der Waals surface area contributed by atoms with Gasteiger partial charge in [-0.3, -0.25) is 14.4 Å². The van der Waals surface area contributed by atoms with E-state index >= 15 is 0 Å². The Morgan fingerprint density at radius 3 is 1.84 bits per heavy atom. The maximum atomic E-state index is 13.5. The Kier molecular flexibility index (Phi) is 12.2. The van der Waals surface area contributed by atoms with Crippen molar-refractivity contribution in [1.29, 1.82) is 0 Å². The van der Waals surface area contributed by atoms with Gasteiger partial charge in [-0.1, -0.05) is 74.5 Å². The first-order valence-corrected chi connectivity index (χ1v) is 13.2. The van der Waals surface area contributed by atoms with Gasteiger partial charge in [0.05, 0.1) is 27.1 Å². The minimum Gasteiger partial charge on any atom is -0.334 e. The lowest BCUT2D eigenvalue weighted by Gasteiger charge is -2.24. The largest absolute Gasteiger partial charge is 0.334 e. The Balaban J connectivity index is 2.22. The van der Waals surface area contributed by atoms with Crippen molar-refractivity contribution < 1.29 is 18.9 Å². The number of hydrazone groups is 1. The number of benzene rings is 2. The monoisotopic (exact) mass is 507 g/mol. The zero-order valence-corrected chi connectivity index (χ0v) is 23.1. The molecule has 2 aromatic carbocycles. The molecule has 1 N–H and O–H groups in total. The third-order valence-electron chi connectivity index (χ3n) is 6.02. The van der Waals surface area contributed by atoms with E-state index in [0.29, 0.717) is 42.5 Å². The molecule has 0 aromatic heterocycles. The number of hydrogen-bond donors (Lipinski definition) is 1. The number of likely N-dealkylation sites (N-methyl/N-ethyl adjacent to an activating group) is 1. The van der Waals surface area contributed by atoms with Crippen LogP contribution in [0.4, 0.5) is 0 Å². The van der Waals surface area contributed by atoms with Crippen LogP contribution in [0.25, 0.3) is 0 Å². The average Bonchev–Trinajstić information content (AvgIpc) is 2.85. The Bertz CT molecular complexity index is 988. The summed E-state index contributed by atoms with van der Waals surface area (Å²) in [5.41, 5.74) is 5.32. The van der Waals surface area contributed by atoms with Crippen LogP contribution in [-0.2, 0) is 27.5 Å². The van der Waals surface area contributed by atoms with Crippen molar-refractivity contribution in [3.63, 3.8) is 0 Å². The molecule has 37 heavy (non-hydrogen) atoms. The molecular formula is C30H43N4O3+. The van der Waals surface area contributed by atoms with E-state index < -0.39 is 5.92 Å².